The van der Waals surface area contributed by atoms with Gasteiger partial charge in [-0.2, -0.15) is 0 Å². The number of carboxylic acids is 1. The summed E-state index contributed by atoms with van der Waals surface area (Å²) in [5, 5.41) is 24.9. The number of aliphatic hydroxyl groups excluding tert-OH is 2. The molecule has 0 aliphatic carbocycles. The molecule has 0 aromatic carbocycles. The molecule has 14 heavy (non-hydrogen) atoms. The van der Waals surface area contributed by atoms with Crippen LogP contribution < -0.4 is 0 Å². The maximum atomic E-state index is 9.90. The van der Waals surface area contributed by atoms with Crippen molar-refractivity contribution in [3.8, 4) is 0 Å². The summed E-state index contributed by atoms with van der Waals surface area (Å²) in [6, 6.07) is 0. The Labute approximate surface area is 85.6 Å². The molecule has 0 aliphatic rings. The third kappa shape index (κ3) is 22.5. The van der Waals surface area contributed by atoms with Crippen LogP contribution in [0.15, 0.2) is 0 Å². The lowest BCUT2D eigenvalue weighted by Gasteiger charge is -1.99. The number of carboxylic acid groups (broad SMARTS) is 1. The van der Waals surface area contributed by atoms with Crippen LogP contribution in [0.5, 0.6) is 0 Å². The topological polar surface area (TPSA) is 77.8 Å². The van der Waals surface area contributed by atoms with Crippen LogP contribution >= 0.6 is 0 Å². The van der Waals surface area contributed by atoms with E-state index in [-0.39, 0.29) is 12.5 Å². The van der Waals surface area contributed by atoms with Crippen LogP contribution in [-0.2, 0) is 4.79 Å². The standard InChI is InChI=1S/C6H12O3.C4H10O/c1-5(7)3-2-4-6(8)9;1-2-3-4-5/h5,7H,2-4H2,1H3,(H,8,9);5H,2-4H2,1H3. The number of hydrogen-bond acceptors (Lipinski definition) is 3. The fourth-order valence-electron chi connectivity index (χ4n) is 0.707. The zero-order valence-corrected chi connectivity index (χ0v) is 9.07. The lowest BCUT2D eigenvalue weighted by atomic mass is 10.2. The summed E-state index contributed by atoms with van der Waals surface area (Å²) < 4.78 is 0. The molecule has 4 heteroatoms. The molecule has 0 amide bonds. The van der Waals surface area contributed by atoms with E-state index in [1.165, 1.54) is 0 Å². The second kappa shape index (κ2) is 12.4. The van der Waals surface area contributed by atoms with Crippen molar-refractivity contribution < 1.29 is 20.1 Å². The van der Waals surface area contributed by atoms with Crippen molar-refractivity contribution in [2.45, 2.75) is 52.1 Å². The monoisotopic (exact) mass is 206 g/mol. The molecule has 86 valence electrons. The van der Waals surface area contributed by atoms with Gasteiger partial charge in [-0.1, -0.05) is 13.3 Å². The minimum atomic E-state index is -0.796. The Kier molecular flexibility index (Phi) is 14.0. The van der Waals surface area contributed by atoms with Crippen LogP contribution in [0.25, 0.3) is 0 Å². The largest absolute Gasteiger partial charge is 0.481 e. The summed E-state index contributed by atoms with van der Waals surface area (Å²) >= 11 is 0. The molecule has 0 aliphatic heterocycles. The fraction of sp³-hybridized carbons (Fsp3) is 0.900. The van der Waals surface area contributed by atoms with Crippen molar-refractivity contribution in [1.29, 1.82) is 0 Å². The lowest BCUT2D eigenvalue weighted by Crippen LogP contribution is -2.01. The Morgan fingerprint density at radius 1 is 1.36 bits per heavy atom. The smallest absolute Gasteiger partial charge is 0.303 e. The first kappa shape index (κ1) is 15.8. The van der Waals surface area contributed by atoms with Crippen LogP contribution in [-0.4, -0.2) is 34.0 Å². The van der Waals surface area contributed by atoms with Gasteiger partial charge in [0.25, 0.3) is 0 Å². The zero-order chi connectivity index (χ0) is 11.4. The van der Waals surface area contributed by atoms with Crippen molar-refractivity contribution >= 4 is 5.97 Å². The van der Waals surface area contributed by atoms with Gasteiger partial charge < -0.3 is 15.3 Å². The zero-order valence-electron chi connectivity index (χ0n) is 9.07. The van der Waals surface area contributed by atoms with Crippen molar-refractivity contribution in [3.63, 3.8) is 0 Å². The number of unbranched alkanes of at least 4 members (excludes halogenated alkanes) is 1. The molecule has 4 nitrogen and oxygen atoms in total. The summed E-state index contributed by atoms with van der Waals surface area (Å²) in [6.07, 6.45) is 2.96. The molecule has 0 aromatic heterocycles. The molecule has 0 bridgehead atoms. The Morgan fingerprint density at radius 3 is 2.14 bits per heavy atom. The van der Waals surface area contributed by atoms with Crippen LogP contribution in [0, 0.1) is 0 Å². The number of aliphatic hydroxyl groups is 2. The first-order valence-electron chi connectivity index (χ1n) is 5.05. The molecule has 0 fully saturated rings. The Morgan fingerprint density at radius 2 is 1.93 bits per heavy atom. The molecule has 0 saturated heterocycles. The summed E-state index contributed by atoms with van der Waals surface area (Å²) in [7, 11) is 0. The summed E-state index contributed by atoms with van der Waals surface area (Å²) in [6.45, 7) is 4.05. The maximum Gasteiger partial charge on any atom is 0.303 e. The van der Waals surface area contributed by atoms with Gasteiger partial charge in [-0.25, -0.2) is 0 Å². The van der Waals surface area contributed by atoms with Gasteiger partial charge in [-0.15, -0.1) is 0 Å². The molecular weight excluding hydrogens is 184 g/mol. The molecular formula is C10H22O4. The van der Waals surface area contributed by atoms with Gasteiger partial charge in [0.2, 0.25) is 0 Å². The molecule has 1 atom stereocenters. The third-order valence-electron chi connectivity index (χ3n) is 1.52. The van der Waals surface area contributed by atoms with Gasteiger partial charge in [-0.3, -0.25) is 4.79 Å². The average molecular weight is 206 g/mol. The van der Waals surface area contributed by atoms with E-state index in [9.17, 15) is 4.79 Å². The number of aliphatic carboxylic acids is 1. The van der Waals surface area contributed by atoms with Crippen molar-refractivity contribution in [2.75, 3.05) is 6.61 Å². The van der Waals surface area contributed by atoms with Gasteiger partial charge in [0, 0.05) is 13.0 Å². The van der Waals surface area contributed by atoms with Crippen LogP contribution in [0.4, 0.5) is 0 Å². The van der Waals surface area contributed by atoms with E-state index in [4.69, 9.17) is 15.3 Å². The highest BCUT2D eigenvalue weighted by Crippen LogP contribution is 1.98. The molecule has 1 unspecified atom stereocenters. The van der Waals surface area contributed by atoms with E-state index in [2.05, 4.69) is 6.92 Å². The third-order valence-corrected chi connectivity index (χ3v) is 1.52. The second-order valence-corrected chi connectivity index (χ2v) is 3.21. The summed E-state index contributed by atoms with van der Waals surface area (Å²) in [5.74, 6) is -0.796. The molecule has 0 rings (SSSR count). The number of hydrogen-bond donors (Lipinski definition) is 3. The van der Waals surface area contributed by atoms with E-state index in [1.807, 2.05) is 0 Å². The predicted molar refractivity (Wildman–Crippen MR) is 55.2 cm³/mol. The van der Waals surface area contributed by atoms with Gasteiger partial charge in [0.15, 0.2) is 0 Å². The van der Waals surface area contributed by atoms with E-state index >= 15 is 0 Å². The highest BCUT2D eigenvalue weighted by Gasteiger charge is 1.98. The Bertz CT molecular complexity index is 121. The normalized spacial score (nSPS) is 11.4. The highest BCUT2D eigenvalue weighted by atomic mass is 16.4. The van der Waals surface area contributed by atoms with Crippen molar-refractivity contribution in [1.82, 2.24) is 0 Å². The van der Waals surface area contributed by atoms with E-state index in [0.29, 0.717) is 19.4 Å². The molecule has 0 saturated carbocycles. The van der Waals surface area contributed by atoms with E-state index in [0.717, 1.165) is 12.8 Å². The SMILES string of the molecule is CC(O)CCCC(=O)O.CCCCO. The van der Waals surface area contributed by atoms with Crippen molar-refractivity contribution in [3.05, 3.63) is 0 Å². The van der Waals surface area contributed by atoms with Gasteiger partial charge in [0.1, 0.15) is 0 Å². The van der Waals surface area contributed by atoms with Crippen LogP contribution in [0.1, 0.15) is 46.0 Å². The van der Waals surface area contributed by atoms with Crippen molar-refractivity contribution in [2.24, 2.45) is 0 Å². The fourth-order valence-corrected chi connectivity index (χ4v) is 0.707. The van der Waals surface area contributed by atoms with Gasteiger partial charge >= 0.3 is 5.97 Å². The van der Waals surface area contributed by atoms with E-state index < -0.39 is 5.97 Å². The predicted octanol–water partition coefficient (Wildman–Crippen LogP) is 1.40. The van der Waals surface area contributed by atoms with Gasteiger partial charge in [-0.05, 0) is 26.2 Å². The van der Waals surface area contributed by atoms with E-state index in [1.54, 1.807) is 6.92 Å². The molecule has 0 aromatic rings. The minimum absolute atomic E-state index is 0.158. The first-order valence-corrected chi connectivity index (χ1v) is 5.05. The Balaban J connectivity index is 0. The molecule has 0 heterocycles. The van der Waals surface area contributed by atoms with Crippen LogP contribution in [0.3, 0.4) is 0 Å². The molecule has 0 spiro atoms. The number of rotatable bonds is 6. The second-order valence-electron chi connectivity index (χ2n) is 3.21. The minimum Gasteiger partial charge on any atom is -0.481 e. The quantitative estimate of drug-likeness (QED) is 0.614. The molecule has 3 N–H and O–H groups in total. The highest BCUT2D eigenvalue weighted by molar-refractivity contribution is 5.66. The summed E-state index contributed by atoms with van der Waals surface area (Å²) in [5.41, 5.74) is 0. The number of carbonyl (C=O) groups is 1. The van der Waals surface area contributed by atoms with Gasteiger partial charge in [0.05, 0.1) is 6.10 Å². The average Bonchev–Trinajstić information content (AvgIpc) is 2.05. The van der Waals surface area contributed by atoms with Crippen LogP contribution in [0.2, 0.25) is 0 Å². The lowest BCUT2D eigenvalue weighted by molar-refractivity contribution is -0.137. The summed E-state index contributed by atoms with van der Waals surface area (Å²) in [4.78, 5) is 9.90. The Hall–Kier alpha value is -0.610. The molecule has 0 radical (unpaired) electrons. The maximum absolute atomic E-state index is 9.90. The first-order chi connectivity index (χ1) is 6.54.